The van der Waals surface area contributed by atoms with Gasteiger partial charge in [0.05, 0.1) is 11.0 Å². The zero-order chi connectivity index (χ0) is 29.4. The highest BCUT2D eigenvalue weighted by Crippen LogP contribution is 2.29. The number of aromatic nitrogens is 2. The fourth-order valence-electron chi connectivity index (χ4n) is 5.71. The number of imide groups is 1. The molecule has 2 saturated heterocycles. The number of benzene rings is 1. The molecule has 11 nitrogen and oxygen atoms in total. The Labute approximate surface area is 236 Å². The van der Waals surface area contributed by atoms with Crippen LogP contribution in [-0.2, 0) is 21.4 Å². The number of anilines is 1. The Bertz CT molecular complexity index is 1320. The Kier molecular flexibility index (Phi) is 8.63. The van der Waals surface area contributed by atoms with Gasteiger partial charge < -0.3 is 14.5 Å². The molecule has 0 saturated carbocycles. The number of nitrogens with one attached hydrogen (secondary N) is 1. The monoisotopic (exact) mass is 556 g/mol. The molecule has 0 aliphatic carbocycles. The lowest BCUT2D eigenvalue weighted by molar-refractivity contribution is -0.135. The van der Waals surface area contributed by atoms with Gasteiger partial charge in [-0.3, -0.25) is 28.9 Å². The molecule has 1 unspecified atom stereocenters. The second-order valence-electron chi connectivity index (χ2n) is 12.4. The number of piperazine rings is 1. The number of rotatable bonds is 7. The first-order valence-electron chi connectivity index (χ1n) is 14.2. The number of carbonyl (C=O) groups is 3. The van der Waals surface area contributed by atoms with E-state index in [1.807, 2.05) is 39.0 Å². The molecule has 0 radical (unpaired) electrons. The van der Waals surface area contributed by atoms with Crippen molar-refractivity contribution in [3.05, 3.63) is 28.7 Å². The summed E-state index contributed by atoms with van der Waals surface area (Å²) in [5, 5.41) is 2.36. The van der Waals surface area contributed by atoms with E-state index < -0.39 is 17.6 Å². The molecule has 11 heteroatoms. The van der Waals surface area contributed by atoms with E-state index >= 15 is 0 Å². The van der Waals surface area contributed by atoms with Crippen LogP contribution in [0.3, 0.4) is 0 Å². The molecular formula is C29H44N6O5. The maximum absolute atomic E-state index is 13.2. The molecule has 2 fully saturated rings. The van der Waals surface area contributed by atoms with Crippen molar-refractivity contribution in [2.75, 3.05) is 44.7 Å². The number of ether oxygens (including phenoxy) is 1. The van der Waals surface area contributed by atoms with Gasteiger partial charge in [-0.05, 0) is 57.7 Å². The van der Waals surface area contributed by atoms with Gasteiger partial charge in [0.25, 0.3) is 0 Å². The Morgan fingerprint density at radius 1 is 1.15 bits per heavy atom. The number of imidazole rings is 1. The molecule has 0 spiro atoms. The third-order valence-corrected chi connectivity index (χ3v) is 7.91. The number of amides is 3. The Morgan fingerprint density at radius 3 is 2.52 bits per heavy atom. The van der Waals surface area contributed by atoms with E-state index in [2.05, 4.69) is 29.0 Å². The summed E-state index contributed by atoms with van der Waals surface area (Å²) in [5.74, 6) is -0.290. The van der Waals surface area contributed by atoms with Crippen molar-refractivity contribution in [3.63, 3.8) is 0 Å². The summed E-state index contributed by atoms with van der Waals surface area (Å²) in [6.45, 7) is 14.2. The maximum atomic E-state index is 13.2. The summed E-state index contributed by atoms with van der Waals surface area (Å²) >= 11 is 0. The molecule has 2 aliphatic heterocycles. The minimum Gasteiger partial charge on any atom is -0.444 e. The second kappa shape index (κ2) is 11.6. The second-order valence-corrected chi connectivity index (χ2v) is 12.4. The van der Waals surface area contributed by atoms with Gasteiger partial charge in [-0.2, -0.15) is 0 Å². The van der Waals surface area contributed by atoms with Crippen molar-refractivity contribution < 1.29 is 19.1 Å². The summed E-state index contributed by atoms with van der Waals surface area (Å²) in [6.07, 6.45) is 1.10. The lowest BCUT2D eigenvalue weighted by Crippen LogP contribution is -2.55. The molecule has 2 aromatic rings. The number of carbonyl (C=O) groups excluding carboxylic acids is 3. The van der Waals surface area contributed by atoms with E-state index in [1.165, 1.54) is 4.57 Å². The van der Waals surface area contributed by atoms with Gasteiger partial charge in [0.1, 0.15) is 11.6 Å². The van der Waals surface area contributed by atoms with Gasteiger partial charge in [0.2, 0.25) is 11.8 Å². The topological polar surface area (TPSA) is 109 Å². The number of fused-ring (bicyclic) bond motifs is 1. The predicted octanol–water partition coefficient (Wildman–Crippen LogP) is 2.72. The van der Waals surface area contributed by atoms with Crippen molar-refractivity contribution in [2.24, 2.45) is 13.0 Å². The van der Waals surface area contributed by atoms with Crippen molar-refractivity contribution in [2.45, 2.75) is 71.6 Å². The molecule has 2 atom stereocenters. The van der Waals surface area contributed by atoms with E-state index in [0.717, 1.165) is 43.8 Å². The first kappa shape index (κ1) is 29.6. The molecular weight excluding hydrogens is 512 g/mol. The summed E-state index contributed by atoms with van der Waals surface area (Å²) in [5.41, 5.74) is 1.73. The normalized spacial score (nSPS) is 20.8. The molecule has 4 rings (SSSR count). The smallest absolute Gasteiger partial charge is 0.410 e. The molecule has 3 heterocycles. The lowest BCUT2D eigenvalue weighted by Gasteiger charge is -2.44. The SMILES string of the molecule is CC(C)[C@@H]1CN(c2ccc3c(c2)n(C)c(=O)n3C2CCC(=O)NC2=O)CCN1CCCN(C)C(=O)OC(C)(C)C. The van der Waals surface area contributed by atoms with Crippen LogP contribution in [0, 0.1) is 5.92 Å². The van der Waals surface area contributed by atoms with E-state index in [-0.39, 0.29) is 24.1 Å². The summed E-state index contributed by atoms with van der Waals surface area (Å²) < 4.78 is 8.57. The van der Waals surface area contributed by atoms with Gasteiger partial charge in [-0.25, -0.2) is 9.59 Å². The fraction of sp³-hybridized carbons (Fsp3) is 0.655. The molecule has 1 aromatic heterocycles. The molecule has 2 aliphatic rings. The minimum atomic E-state index is -0.692. The van der Waals surface area contributed by atoms with Crippen LogP contribution in [0.5, 0.6) is 0 Å². The van der Waals surface area contributed by atoms with Crippen LogP contribution >= 0.6 is 0 Å². The van der Waals surface area contributed by atoms with Crippen molar-refractivity contribution in [1.29, 1.82) is 0 Å². The third kappa shape index (κ3) is 6.35. The Morgan fingerprint density at radius 2 is 1.88 bits per heavy atom. The largest absolute Gasteiger partial charge is 0.444 e. The standard InChI is InChI=1S/C29H44N6O5/c1-19(2)24-18-34(16-15-33(24)14-8-13-31(6)28(39)40-29(3,4)5)20-9-10-21-23(17-20)32(7)27(38)35(21)22-11-12-25(36)30-26(22)37/h9-10,17,19,22,24H,8,11-16,18H2,1-7H3,(H,30,36,37)/t22?,24-/m0/s1. The van der Waals surface area contributed by atoms with Crippen LogP contribution in [-0.4, -0.2) is 88.3 Å². The van der Waals surface area contributed by atoms with E-state index in [0.29, 0.717) is 30.4 Å². The average Bonchev–Trinajstić information content (AvgIpc) is 3.12. The van der Waals surface area contributed by atoms with Gasteiger partial charge in [0, 0.05) is 65.0 Å². The first-order valence-corrected chi connectivity index (χ1v) is 14.2. The number of hydrogen-bond donors (Lipinski definition) is 1. The first-order chi connectivity index (χ1) is 18.8. The van der Waals surface area contributed by atoms with Gasteiger partial charge in [-0.15, -0.1) is 0 Å². The van der Waals surface area contributed by atoms with Crippen LogP contribution < -0.4 is 15.9 Å². The van der Waals surface area contributed by atoms with Gasteiger partial charge >= 0.3 is 11.8 Å². The van der Waals surface area contributed by atoms with Crippen LogP contribution in [0.1, 0.15) is 59.9 Å². The summed E-state index contributed by atoms with van der Waals surface area (Å²) in [4.78, 5) is 56.1. The van der Waals surface area contributed by atoms with Gasteiger partial charge in [0.15, 0.2) is 0 Å². The van der Waals surface area contributed by atoms with E-state index in [4.69, 9.17) is 4.74 Å². The highest BCUT2D eigenvalue weighted by Gasteiger charge is 2.33. The highest BCUT2D eigenvalue weighted by molar-refractivity contribution is 6.00. The van der Waals surface area contributed by atoms with Crippen LogP contribution in [0.15, 0.2) is 23.0 Å². The predicted molar refractivity (Wildman–Crippen MR) is 154 cm³/mol. The molecule has 220 valence electrons. The van der Waals surface area contributed by atoms with Crippen molar-refractivity contribution in [3.8, 4) is 0 Å². The minimum absolute atomic E-state index is 0.218. The number of piperidine rings is 1. The molecule has 40 heavy (non-hydrogen) atoms. The fourth-order valence-corrected chi connectivity index (χ4v) is 5.71. The van der Waals surface area contributed by atoms with Crippen LogP contribution in [0.25, 0.3) is 11.0 Å². The quantitative estimate of drug-likeness (QED) is 0.523. The van der Waals surface area contributed by atoms with Crippen LogP contribution in [0.2, 0.25) is 0 Å². The summed E-state index contributed by atoms with van der Waals surface area (Å²) in [7, 11) is 3.50. The van der Waals surface area contributed by atoms with E-state index in [1.54, 1.807) is 23.6 Å². The van der Waals surface area contributed by atoms with E-state index in [9.17, 15) is 19.2 Å². The number of nitrogens with zero attached hydrogens (tertiary/aromatic N) is 5. The third-order valence-electron chi connectivity index (χ3n) is 7.91. The van der Waals surface area contributed by atoms with Gasteiger partial charge in [-0.1, -0.05) is 13.8 Å². The molecule has 1 N–H and O–H groups in total. The molecule has 3 amide bonds. The molecule has 1 aromatic carbocycles. The highest BCUT2D eigenvalue weighted by atomic mass is 16.6. The number of aryl methyl sites for hydroxylation is 1. The van der Waals surface area contributed by atoms with Crippen molar-refractivity contribution >= 4 is 34.6 Å². The van der Waals surface area contributed by atoms with Crippen molar-refractivity contribution in [1.82, 2.24) is 24.3 Å². The zero-order valence-corrected chi connectivity index (χ0v) is 24.9. The Balaban J connectivity index is 1.45. The summed E-state index contributed by atoms with van der Waals surface area (Å²) in [6, 6.07) is 5.62. The molecule has 0 bridgehead atoms. The zero-order valence-electron chi connectivity index (χ0n) is 24.9. The average molecular weight is 557 g/mol. The number of hydrogen-bond acceptors (Lipinski definition) is 7. The Hall–Kier alpha value is -3.34. The van der Waals surface area contributed by atoms with Crippen LogP contribution in [0.4, 0.5) is 10.5 Å². The lowest BCUT2D eigenvalue weighted by atomic mass is 9.98. The maximum Gasteiger partial charge on any atom is 0.410 e.